The second-order valence-corrected chi connectivity index (χ2v) is 8.44. The number of carbonyl (C=O) groups is 2. The van der Waals surface area contributed by atoms with Crippen molar-refractivity contribution < 1.29 is 33.1 Å². The molecule has 2 aliphatic rings. The van der Waals surface area contributed by atoms with E-state index < -0.39 is 29.0 Å². The molecule has 13 nitrogen and oxygen atoms in total. The predicted molar refractivity (Wildman–Crippen MR) is 125 cm³/mol. The van der Waals surface area contributed by atoms with Gasteiger partial charge in [0.25, 0.3) is 0 Å². The smallest absolute Gasteiger partial charge is 0.414 e. The van der Waals surface area contributed by atoms with Gasteiger partial charge in [0.2, 0.25) is 11.8 Å². The molecule has 0 aliphatic carbocycles. The molecule has 2 atom stereocenters. The van der Waals surface area contributed by atoms with Crippen LogP contribution in [0.3, 0.4) is 0 Å². The lowest BCUT2D eigenvalue weighted by atomic mass is 10.1. The molecule has 14 heteroatoms. The number of hydrogen-bond acceptors (Lipinski definition) is 9. The van der Waals surface area contributed by atoms with Crippen LogP contribution in [0.1, 0.15) is 6.92 Å². The fourth-order valence-corrected chi connectivity index (χ4v) is 4.01. The minimum absolute atomic E-state index is 0.137. The minimum atomic E-state index is -0.616. The summed E-state index contributed by atoms with van der Waals surface area (Å²) in [5, 5.41) is 13.5. The van der Waals surface area contributed by atoms with E-state index in [-0.39, 0.29) is 48.9 Å². The molecule has 0 unspecified atom stereocenters. The molecular weight excluding hydrogens is 491 g/mol. The number of imidazole rings is 1. The maximum absolute atomic E-state index is 15.0. The van der Waals surface area contributed by atoms with Gasteiger partial charge < -0.3 is 29.6 Å². The lowest BCUT2D eigenvalue weighted by Crippen LogP contribution is -2.34. The molecule has 37 heavy (non-hydrogen) atoms. The number of carbonyl (C=O) groups excluding carboxylic acids is 2. The summed E-state index contributed by atoms with van der Waals surface area (Å²) in [4.78, 5) is 42.9. The summed E-state index contributed by atoms with van der Waals surface area (Å²) < 4.78 is 32.9. The van der Waals surface area contributed by atoms with Crippen molar-refractivity contribution in [2.45, 2.75) is 25.7 Å². The lowest BCUT2D eigenvalue weighted by Gasteiger charge is -2.22. The van der Waals surface area contributed by atoms with Crippen LogP contribution in [-0.2, 0) is 16.1 Å². The second-order valence-electron chi connectivity index (χ2n) is 8.44. The molecule has 1 N–H and O–H groups in total. The topological polar surface area (TPSA) is 151 Å². The van der Waals surface area contributed by atoms with Crippen LogP contribution in [0.25, 0.3) is 11.1 Å². The first-order chi connectivity index (χ1) is 17.8. The number of hydrogen-bond donors (Lipinski definition) is 1. The summed E-state index contributed by atoms with van der Waals surface area (Å²) in [6.45, 7) is 2.16. The number of nitrogens with zero attached hydrogens (tertiary/aromatic N) is 5. The molecule has 1 aromatic carbocycles. The number of cyclic esters (lactones) is 1. The largest absolute Gasteiger partial charge is 0.469 e. The summed E-state index contributed by atoms with van der Waals surface area (Å²) in [5.41, 5.74) is 1.11. The molecule has 192 valence electrons. The van der Waals surface area contributed by atoms with Crippen molar-refractivity contribution >= 4 is 23.5 Å². The minimum Gasteiger partial charge on any atom is -0.469 e. The van der Waals surface area contributed by atoms with Gasteiger partial charge >= 0.3 is 17.9 Å². The third kappa shape index (κ3) is 5.12. The van der Waals surface area contributed by atoms with Gasteiger partial charge in [-0.2, -0.15) is 0 Å². The van der Waals surface area contributed by atoms with Gasteiger partial charge in [-0.15, -0.1) is 0 Å². The molecule has 5 rings (SSSR count). The Kier molecular flexibility index (Phi) is 6.29. The van der Waals surface area contributed by atoms with Crippen molar-refractivity contribution in [3.8, 4) is 23.0 Å². The zero-order valence-corrected chi connectivity index (χ0v) is 19.5. The van der Waals surface area contributed by atoms with Gasteiger partial charge in [-0.25, -0.2) is 14.2 Å². The maximum atomic E-state index is 15.0. The van der Waals surface area contributed by atoms with Crippen LogP contribution in [0.15, 0.2) is 42.7 Å². The van der Waals surface area contributed by atoms with Crippen LogP contribution in [0.4, 0.5) is 20.7 Å². The highest BCUT2D eigenvalue weighted by Crippen LogP contribution is 2.30. The zero-order chi connectivity index (χ0) is 26.1. The van der Waals surface area contributed by atoms with Crippen molar-refractivity contribution in [3.05, 3.63) is 58.7 Å². The molecular formula is C23H21FN6O7. The number of aromatic nitrogens is 3. The summed E-state index contributed by atoms with van der Waals surface area (Å²) >= 11 is 0. The lowest BCUT2D eigenvalue weighted by molar-refractivity contribution is -0.389. The molecule has 0 spiro atoms. The molecule has 2 aromatic heterocycles. The van der Waals surface area contributed by atoms with Gasteiger partial charge in [0.05, 0.1) is 25.3 Å². The van der Waals surface area contributed by atoms with Crippen LogP contribution < -0.4 is 19.7 Å². The van der Waals surface area contributed by atoms with E-state index in [0.717, 1.165) is 0 Å². The second kappa shape index (κ2) is 9.72. The van der Waals surface area contributed by atoms with Crippen molar-refractivity contribution in [1.29, 1.82) is 0 Å². The van der Waals surface area contributed by atoms with Gasteiger partial charge in [-0.05, 0) is 29.2 Å². The standard InChI is InChI=1S/C23H21FN6O7/c1-13(31)25-8-16-10-29(23(32)37-16)15-3-4-18(19(24)6-15)14-2-5-21(26-7-14)36-17-9-28-11-20(30(33)34)27-22(28)35-12-17/h2-7,11,16-17H,8-10,12H2,1H3,(H,25,31)/t16-,17-/m0/s1. The highest BCUT2D eigenvalue weighted by Gasteiger charge is 2.33. The Balaban J connectivity index is 1.23. The number of nitro groups is 1. The summed E-state index contributed by atoms with van der Waals surface area (Å²) in [6, 6.07) is 7.76. The fourth-order valence-electron chi connectivity index (χ4n) is 4.01. The number of fused-ring (bicyclic) bond motifs is 1. The first-order valence-corrected chi connectivity index (χ1v) is 11.3. The Bertz CT molecular complexity index is 1360. The monoisotopic (exact) mass is 512 g/mol. The van der Waals surface area contributed by atoms with Gasteiger partial charge in [-0.3, -0.25) is 14.3 Å². The van der Waals surface area contributed by atoms with Crippen LogP contribution in [-0.4, -0.2) is 63.4 Å². The molecule has 0 bridgehead atoms. The van der Waals surface area contributed by atoms with Crippen molar-refractivity contribution in [1.82, 2.24) is 19.9 Å². The Morgan fingerprint density at radius 2 is 2.16 bits per heavy atom. The molecule has 1 fully saturated rings. The maximum Gasteiger partial charge on any atom is 0.414 e. The fraction of sp³-hybridized carbons (Fsp3) is 0.304. The summed E-state index contributed by atoms with van der Waals surface area (Å²) in [7, 11) is 0. The quantitative estimate of drug-likeness (QED) is 0.371. The number of halogens is 1. The van der Waals surface area contributed by atoms with Crippen LogP contribution in [0, 0.1) is 15.9 Å². The van der Waals surface area contributed by atoms with Crippen molar-refractivity contribution in [2.75, 3.05) is 24.6 Å². The molecule has 2 aliphatic heterocycles. The number of rotatable bonds is 7. The first-order valence-electron chi connectivity index (χ1n) is 11.3. The van der Waals surface area contributed by atoms with Gasteiger partial charge in [-0.1, -0.05) is 0 Å². The SMILES string of the molecule is CC(=O)NC[C@H]1CN(c2ccc(-c3ccc(O[C@@H]4COc5nc([N+](=O)[O-])cn5C4)nc3)c(F)c2)C(=O)O1. The van der Waals surface area contributed by atoms with Crippen molar-refractivity contribution in [2.24, 2.45) is 0 Å². The van der Waals surface area contributed by atoms with E-state index in [4.69, 9.17) is 14.2 Å². The molecule has 1 saturated heterocycles. The van der Waals surface area contributed by atoms with Gasteiger partial charge in [0, 0.05) is 35.3 Å². The molecule has 4 heterocycles. The first kappa shape index (κ1) is 24.0. The Morgan fingerprint density at radius 1 is 1.32 bits per heavy atom. The molecule has 2 amide bonds. The van der Waals surface area contributed by atoms with Crippen molar-refractivity contribution in [3.63, 3.8) is 0 Å². The number of benzene rings is 1. The number of pyridine rings is 1. The van der Waals surface area contributed by atoms with Crippen LogP contribution >= 0.6 is 0 Å². The van der Waals surface area contributed by atoms with Crippen LogP contribution in [0.2, 0.25) is 0 Å². The molecule has 0 saturated carbocycles. The third-order valence-electron chi connectivity index (χ3n) is 5.76. The normalized spacial score (nSPS) is 18.5. The summed E-state index contributed by atoms with van der Waals surface area (Å²) in [6.07, 6.45) is 1.14. The van der Waals surface area contributed by atoms with Gasteiger partial charge in [0.15, 0.2) is 6.10 Å². The molecule has 0 radical (unpaired) electrons. The summed E-state index contributed by atoms with van der Waals surface area (Å²) in [5.74, 6) is -0.823. The van der Waals surface area contributed by atoms with E-state index in [1.165, 1.54) is 34.9 Å². The van der Waals surface area contributed by atoms with E-state index in [9.17, 15) is 24.1 Å². The average Bonchev–Trinajstić information content (AvgIpc) is 3.46. The Morgan fingerprint density at radius 3 is 2.86 bits per heavy atom. The van der Waals surface area contributed by atoms with E-state index in [1.54, 1.807) is 24.3 Å². The molecule has 3 aromatic rings. The van der Waals surface area contributed by atoms with E-state index in [1.807, 2.05) is 0 Å². The van der Waals surface area contributed by atoms with Crippen LogP contribution in [0.5, 0.6) is 11.9 Å². The number of nitrogens with one attached hydrogen (secondary N) is 1. The average molecular weight is 512 g/mol. The highest BCUT2D eigenvalue weighted by atomic mass is 19.1. The number of anilines is 1. The van der Waals surface area contributed by atoms with E-state index in [0.29, 0.717) is 17.8 Å². The Hall–Kier alpha value is -4.75. The van der Waals surface area contributed by atoms with E-state index >= 15 is 0 Å². The third-order valence-corrected chi connectivity index (χ3v) is 5.76. The predicted octanol–water partition coefficient (Wildman–Crippen LogP) is 2.29. The zero-order valence-electron chi connectivity index (χ0n) is 19.5. The number of ether oxygens (including phenoxy) is 3. The van der Waals surface area contributed by atoms with Gasteiger partial charge in [0.1, 0.15) is 24.7 Å². The highest BCUT2D eigenvalue weighted by molar-refractivity contribution is 5.90. The Labute approximate surface area is 208 Å². The number of amides is 2. The van der Waals surface area contributed by atoms with E-state index in [2.05, 4.69) is 15.3 Å².